The van der Waals surface area contributed by atoms with Gasteiger partial charge in [-0.1, -0.05) is 48.0 Å². The molecular formula is C15H12Cl2FNO. The number of nitrogens with one attached hydrogen (secondary N) is 1. The maximum absolute atomic E-state index is 13.3. The van der Waals surface area contributed by atoms with Crippen LogP contribution < -0.4 is 5.32 Å². The van der Waals surface area contributed by atoms with Gasteiger partial charge in [-0.05, 0) is 17.7 Å². The Morgan fingerprint density at radius 3 is 2.55 bits per heavy atom. The average molecular weight is 312 g/mol. The molecule has 0 heterocycles. The van der Waals surface area contributed by atoms with E-state index in [0.717, 1.165) is 5.56 Å². The summed E-state index contributed by atoms with van der Waals surface area (Å²) in [4.78, 5) is 11.9. The summed E-state index contributed by atoms with van der Waals surface area (Å²) in [6.45, 7) is 0.233. The molecule has 1 N–H and O–H groups in total. The van der Waals surface area contributed by atoms with Crippen LogP contribution in [0.3, 0.4) is 0 Å². The van der Waals surface area contributed by atoms with Gasteiger partial charge in [-0.25, -0.2) is 4.39 Å². The molecule has 20 heavy (non-hydrogen) atoms. The Balaban J connectivity index is 2.01. The van der Waals surface area contributed by atoms with Gasteiger partial charge >= 0.3 is 0 Å². The lowest BCUT2D eigenvalue weighted by Gasteiger charge is -2.12. The Labute approximate surface area is 126 Å². The second kappa shape index (κ2) is 6.73. The Morgan fingerprint density at radius 1 is 1.15 bits per heavy atom. The fourth-order valence-corrected chi connectivity index (χ4v) is 2.17. The van der Waals surface area contributed by atoms with Crippen molar-refractivity contribution in [3.63, 3.8) is 0 Å². The van der Waals surface area contributed by atoms with Gasteiger partial charge in [0.15, 0.2) is 0 Å². The molecular weight excluding hydrogens is 300 g/mol. The van der Waals surface area contributed by atoms with Gasteiger partial charge < -0.3 is 5.32 Å². The van der Waals surface area contributed by atoms with Crippen molar-refractivity contribution in [3.05, 3.63) is 70.5 Å². The first-order valence-electron chi connectivity index (χ1n) is 6.01. The van der Waals surface area contributed by atoms with Crippen molar-refractivity contribution >= 4 is 29.1 Å². The van der Waals surface area contributed by atoms with E-state index in [1.807, 2.05) is 30.3 Å². The smallest absolute Gasteiger partial charge is 0.252 e. The van der Waals surface area contributed by atoms with E-state index in [1.165, 1.54) is 18.2 Å². The zero-order chi connectivity index (χ0) is 14.5. The van der Waals surface area contributed by atoms with Crippen molar-refractivity contribution in [1.82, 2.24) is 5.32 Å². The number of carbonyl (C=O) groups excluding carboxylic acids is 1. The number of rotatable bonds is 4. The highest BCUT2D eigenvalue weighted by atomic mass is 35.5. The molecule has 2 rings (SSSR count). The molecule has 2 aromatic rings. The molecule has 1 unspecified atom stereocenters. The highest BCUT2D eigenvalue weighted by Crippen LogP contribution is 2.21. The van der Waals surface area contributed by atoms with Gasteiger partial charge in [-0.3, -0.25) is 4.79 Å². The molecule has 104 valence electrons. The molecule has 0 aliphatic heterocycles. The van der Waals surface area contributed by atoms with Crippen LogP contribution >= 0.6 is 23.2 Å². The molecule has 2 nitrogen and oxygen atoms in total. The highest BCUT2D eigenvalue weighted by molar-refractivity contribution is 6.34. The number of benzene rings is 2. The van der Waals surface area contributed by atoms with Crippen LogP contribution in [0.2, 0.25) is 5.02 Å². The standard InChI is InChI=1S/C15H12Cl2FNO/c16-12(10-5-2-1-3-6-10)9-19-15(20)11-7-4-8-13(18)14(11)17/h1-8,12H,9H2,(H,19,20). The Morgan fingerprint density at radius 2 is 1.85 bits per heavy atom. The van der Waals surface area contributed by atoms with Crippen molar-refractivity contribution in [3.8, 4) is 0 Å². The first-order valence-corrected chi connectivity index (χ1v) is 6.82. The van der Waals surface area contributed by atoms with Crippen molar-refractivity contribution < 1.29 is 9.18 Å². The molecule has 0 aliphatic rings. The Kier molecular flexibility index (Phi) is 4.99. The maximum atomic E-state index is 13.3. The van der Waals surface area contributed by atoms with E-state index in [1.54, 1.807) is 0 Å². The lowest BCUT2D eigenvalue weighted by molar-refractivity contribution is 0.0953. The minimum atomic E-state index is -0.621. The summed E-state index contributed by atoms with van der Waals surface area (Å²) in [7, 11) is 0. The van der Waals surface area contributed by atoms with Gasteiger partial charge in [-0.15, -0.1) is 11.6 Å². The van der Waals surface area contributed by atoms with Crippen molar-refractivity contribution in [1.29, 1.82) is 0 Å². The topological polar surface area (TPSA) is 29.1 Å². The predicted octanol–water partition coefficient (Wildman–Crippen LogP) is 4.19. The molecule has 1 amide bonds. The third kappa shape index (κ3) is 3.50. The summed E-state index contributed by atoms with van der Waals surface area (Å²) in [5, 5.41) is 2.10. The normalized spacial score (nSPS) is 11.9. The fraction of sp³-hybridized carbons (Fsp3) is 0.133. The first kappa shape index (κ1) is 14.8. The van der Waals surface area contributed by atoms with Crippen molar-refractivity contribution in [2.24, 2.45) is 0 Å². The number of alkyl halides is 1. The monoisotopic (exact) mass is 311 g/mol. The summed E-state index contributed by atoms with van der Waals surface area (Å²) < 4.78 is 13.3. The van der Waals surface area contributed by atoms with Gasteiger partial charge in [0.2, 0.25) is 0 Å². The zero-order valence-corrected chi connectivity index (χ0v) is 12.0. The second-order valence-corrected chi connectivity index (χ2v) is 5.09. The molecule has 0 aliphatic carbocycles. The molecule has 0 aromatic heterocycles. The van der Waals surface area contributed by atoms with Crippen LogP contribution in [0, 0.1) is 5.82 Å². The van der Waals surface area contributed by atoms with Crippen LogP contribution in [0.1, 0.15) is 21.3 Å². The van der Waals surface area contributed by atoms with E-state index in [4.69, 9.17) is 23.2 Å². The van der Waals surface area contributed by atoms with E-state index in [9.17, 15) is 9.18 Å². The SMILES string of the molecule is O=C(NCC(Cl)c1ccccc1)c1cccc(F)c1Cl. The van der Waals surface area contributed by atoms with E-state index >= 15 is 0 Å². The third-order valence-electron chi connectivity index (χ3n) is 2.80. The van der Waals surface area contributed by atoms with Crippen molar-refractivity contribution in [2.45, 2.75) is 5.38 Å². The Bertz CT molecular complexity index is 604. The summed E-state index contributed by atoms with van der Waals surface area (Å²) in [6.07, 6.45) is 0. The number of halogens is 3. The third-order valence-corrected chi connectivity index (χ3v) is 3.59. The molecule has 0 saturated carbocycles. The quantitative estimate of drug-likeness (QED) is 0.843. The van der Waals surface area contributed by atoms with Crippen molar-refractivity contribution in [2.75, 3.05) is 6.54 Å². The van der Waals surface area contributed by atoms with E-state index in [0.29, 0.717) is 0 Å². The molecule has 0 radical (unpaired) electrons. The lowest BCUT2D eigenvalue weighted by Crippen LogP contribution is -2.27. The van der Waals surface area contributed by atoms with Gasteiger partial charge in [0.05, 0.1) is 16.0 Å². The Hall–Kier alpha value is -1.58. The number of hydrogen-bond acceptors (Lipinski definition) is 1. The molecule has 5 heteroatoms. The minimum Gasteiger partial charge on any atom is -0.350 e. The number of amides is 1. The largest absolute Gasteiger partial charge is 0.350 e. The number of carbonyl (C=O) groups is 1. The van der Waals surface area contributed by atoms with Gasteiger partial charge in [0, 0.05) is 6.54 Å². The number of hydrogen-bond donors (Lipinski definition) is 1. The highest BCUT2D eigenvalue weighted by Gasteiger charge is 2.15. The molecule has 0 spiro atoms. The minimum absolute atomic E-state index is 0.101. The maximum Gasteiger partial charge on any atom is 0.252 e. The fourth-order valence-electron chi connectivity index (χ4n) is 1.74. The predicted molar refractivity (Wildman–Crippen MR) is 78.8 cm³/mol. The molecule has 0 fully saturated rings. The first-order chi connectivity index (χ1) is 9.59. The molecule has 2 aromatic carbocycles. The second-order valence-electron chi connectivity index (χ2n) is 4.19. The van der Waals surface area contributed by atoms with E-state index in [-0.39, 0.29) is 22.5 Å². The lowest BCUT2D eigenvalue weighted by atomic mass is 10.1. The van der Waals surface area contributed by atoms with Crippen LogP contribution in [0.15, 0.2) is 48.5 Å². The molecule has 1 atom stereocenters. The van der Waals surface area contributed by atoms with Gasteiger partial charge in [0.25, 0.3) is 5.91 Å². The van der Waals surface area contributed by atoms with Gasteiger partial charge in [-0.2, -0.15) is 0 Å². The van der Waals surface area contributed by atoms with E-state index in [2.05, 4.69) is 5.32 Å². The zero-order valence-electron chi connectivity index (χ0n) is 10.4. The van der Waals surface area contributed by atoms with Crippen LogP contribution in [-0.2, 0) is 0 Å². The van der Waals surface area contributed by atoms with Gasteiger partial charge in [0.1, 0.15) is 5.82 Å². The van der Waals surface area contributed by atoms with Crippen LogP contribution in [-0.4, -0.2) is 12.5 Å². The van der Waals surface area contributed by atoms with Crippen LogP contribution in [0.25, 0.3) is 0 Å². The summed E-state index contributed by atoms with van der Waals surface area (Å²) >= 11 is 11.9. The molecule has 0 bridgehead atoms. The van der Waals surface area contributed by atoms with E-state index < -0.39 is 11.7 Å². The van der Waals surface area contributed by atoms with Crippen LogP contribution in [0.5, 0.6) is 0 Å². The average Bonchev–Trinajstić information content (AvgIpc) is 2.48. The summed E-state index contributed by atoms with van der Waals surface area (Å²) in [6, 6.07) is 13.5. The van der Waals surface area contributed by atoms with Crippen LogP contribution in [0.4, 0.5) is 4.39 Å². The molecule has 0 saturated heterocycles. The summed E-state index contributed by atoms with van der Waals surface area (Å²) in [5.74, 6) is -1.07. The summed E-state index contributed by atoms with van der Waals surface area (Å²) in [5.41, 5.74) is 1.00.